The molecule has 0 amide bonds. The van der Waals surface area contributed by atoms with Crippen LogP contribution in [0.15, 0.2) is 29.2 Å². The third-order valence-corrected chi connectivity index (χ3v) is 5.94. The molecule has 0 radical (unpaired) electrons. The average Bonchev–Trinajstić information content (AvgIpc) is 2.46. The van der Waals surface area contributed by atoms with Crippen molar-refractivity contribution in [2.24, 2.45) is 0 Å². The van der Waals surface area contributed by atoms with Crippen LogP contribution in [0.5, 0.6) is 0 Å². The van der Waals surface area contributed by atoms with Crippen LogP contribution in [0.4, 0.5) is 0 Å². The van der Waals surface area contributed by atoms with Gasteiger partial charge in [-0.2, -0.15) is 4.31 Å². The Morgan fingerprint density at radius 3 is 2.65 bits per heavy atom. The summed E-state index contributed by atoms with van der Waals surface area (Å²) in [5, 5.41) is 3.65. The number of hydrogen-bond acceptors (Lipinski definition) is 3. The van der Waals surface area contributed by atoms with Crippen LogP contribution in [-0.4, -0.2) is 38.9 Å². The largest absolute Gasteiger partial charge is 0.320 e. The highest BCUT2D eigenvalue weighted by atomic mass is 35.5. The molecule has 112 valence electrons. The first-order chi connectivity index (χ1) is 9.55. The van der Waals surface area contributed by atoms with Crippen molar-refractivity contribution in [1.82, 2.24) is 9.62 Å². The third kappa shape index (κ3) is 3.52. The van der Waals surface area contributed by atoms with E-state index in [0.717, 1.165) is 32.2 Å². The van der Waals surface area contributed by atoms with E-state index in [-0.39, 0.29) is 6.04 Å². The van der Waals surface area contributed by atoms with Gasteiger partial charge in [-0.1, -0.05) is 18.0 Å². The van der Waals surface area contributed by atoms with Crippen molar-refractivity contribution >= 4 is 21.6 Å². The molecule has 1 N–H and O–H groups in total. The molecule has 1 heterocycles. The normalized spacial score (nSPS) is 21.0. The summed E-state index contributed by atoms with van der Waals surface area (Å²) >= 11 is 5.83. The van der Waals surface area contributed by atoms with Gasteiger partial charge in [-0.15, -0.1) is 0 Å². The second-order valence-electron chi connectivity index (χ2n) is 5.11. The lowest BCUT2D eigenvalue weighted by molar-refractivity contribution is 0.240. The number of halogens is 1. The number of nitrogens with one attached hydrogen (secondary N) is 1. The van der Waals surface area contributed by atoms with Gasteiger partial charge in [-0.05, 0) is 57.1 Å². The van der Waals surface area contributed by atoms with Crippen LogP contribution in [0, 0.1) is 0 Å². The first-order valence-electron chi connectivity index (χ1n) is 6.97. The summed E-state index contributed by atoms with van der Waals surface area (Å²) in [7, 11) is -1.52. The summed E-state index contributed by atoms with van der Waals surface area (Å²) in [6.45, 7) is 1.44. The van der Waals surface area contributed by atoms with Crippen LogP contribution in [0.2, 0.25) is 5.02 Å². The zero-order valence-corrected chi connectivity index (χ0v) is 13.3. The zero-order valence-electron chi connectivity index (χ0n) is 11.7. The standard InChI is InChI=1S/C14H21ClN2O2S/c1-16-10-9-13-4-2-3-11-17(13)20(18,19)14-7-5-12(15)6-8-14/h5-8,13,16H,2-4,9-11H2,1H3. The molecule has 0 aliphatic carbocycles. The highest BCUT2D eigenvalue weighted by molar-refractivity contribution is 7.89. The van der Waals surface area contributed by atoms with Gasteiger partial charge < -0.3 is 5.32 Å². The van der Waals surface area contributed by atoms with Crippen molar-refractivity contribution in [1.29, 1.82) is 0 Å². The van der Waals surface area contributed by atoms with Crippen LogP contribution in [0.1, 0.15) is 25.7 Å². The van der Waals surface area contributed by atoms with Crippen molar-refractivity contribution in [2.45, 2.75) is 36.6 Å². The topological polar surface area (TPSA) is 49.4 Å². The Hall–Kier alpha value is -0.620. The Bertz CT molecular complexity index is 531. The van der Waals surface area contributed by atoms with Gasteiger partial charge >= 0.3 is 0 Å². The van der Waals surface area contributed by atoms with Gasteiger partial charge in [0, 0.05) is 17.6 Å². The number of nitrogens with zero attached hydrogens (tertiary/aromatic N) is 1. The number of benzene rings is 1. The molecular formula is C14H21ClN2O2S. The predicted octanol–water partition coefficient (Wildman–Crippen LogP) is 2.49. The van der Waals surface area contributed by atoms with Crippen LogP contribution >= 0.6 is 11.6 Å². The number of sulfonamides is 1. The molecule has 0 bridgehead atoms. The molecule has 1 saturated heterocycles. The molecule has 1 aliphatic rings. The molecule has 1 aliphatic heterocycles. The molecule has 1 aromatic carbocycles. The summed E-state index contributed by atoms with van der Waals surface area (Å²) in [4.78, 5) is 0.332. The average molecular weight is 317 g/mol. The number of piperidine rings is 1. The summed E-state index contributed by atoms with van der Waals surface area (Å²) in [6.07, 6.45) is 3.82. The van der Waals surface area contributed by atoms with Gasteiger partial charge in [0.15, 0.2) is 0 Å². The highest BCUT2D eigenvalue weighted by Gasteiger charge is 2.32. The lowest BCUT2D eigenvalue weighted by Crippen LogP contribution is -2.44. The maximum Gasteiger partial charge on any atom is 0.243 e. The van der Waals surface area contributed by atoms with Gasteiger partial charge in [0.05, 0.1) is 4.90 Å². The van der Waals surface area contributed by atoms with E-state index in [4.69, 9.17) is 11.6 Å². The van der Waals surface area contributed by atoms with Gasteiger partial charge in [-0.25, -0.2) is 8.42 Å². The molecule has 2 rings (SSSR count). The van der Waals surface area contributed by atoms with Gasteiger partial charge in [0.2, 0.25) is 10.0 Å². The minimum atomic E-state index is -3.41. The second kappa shape index (κ2) is 6.89. The fourth-order valence-electron chi connectivity index (χ4n) is 2.63. The van der Waals surface area contributed by atoms with Gasteiger partial charge in [0.1, 0.15) is 0 Å². The molecule has 0 saturated carbocycles. The van der Waals surface area contributed by atoms with Crippen molar-refractivity contribution in [3.05, 3.63) is 29.3 Å². The summed E-state index contributed by atoms with van der Waals surface area (Å²) in [5.41, 5.74) is 0. The van der Waals surface area contributed by atoms with Crippen LogP contribution in [0.3, 0.4) is 0 Å². The molecular weight excluding hydrogens is 296 g/mol. The summed E-state index contributed by atoms with van der Waals surface area (Å²) in [6, 6.07) is 6.52. The number of rotatable bonds is 5. The Morgan fingerprint density at radius 2 is 2.00 bits per heavy atom. The Kier molecular flexibility index (Phi) is 5.43. The third-order valence-electron chi connectivity index (χ3n) is 3.72. The highest BCUT2D eigenvalue weighted by Crippen LogP contribution is 2.27. The minimum absolute atomic E-state index is 0.0943. The molecule has 0 aromatic heterocycles. The Morgan fingerprint density at radius 1 is 1.30 bits per heavy atom. The first-order valence-corrected chi connectivity index (χ1v) is 8.79. The molecule has 0 spiro atoms. The SMILES string of the molecule is CNCCC1CCCCN1S(=O)(=O)c1ccc(Cl)cc1. The molecule has 1 aromatic rings. The predicted molar refractivity (Wildman–Crippen MR) is 81.5 cm³/mol. The second-order valence-corrected chi connectivity index (χ2v) is 7.44. The van der Waals surface area contributed by atoms with Gasteiger partial charge in [-0.3, -0.25) is 0 Å². The van der Waals surface area contributed by atoms with E-state index in [1.54, 1.807) is 28.6 Å². The quantitative estimate of drug-likeness (QED) is 0.908. The van der Waals surface area contributed by atoms with E-state index in [1.165, 1.54) is 0 Å². The molecule has 6 heteroatoms. The van der Waals surface area contributed by atoms with E-state index in [1.807, 2.05) is 7.05 Å². The summed E-state index contributed by atoms with van der Waals surface area (Å²) < 4.78 is 27.1. The first kappa shape index (κ1) is 15.8. The fourth-order valence-corrected chi connectivity index (χ4v) is 4.48. The smallest absolute Gasteiger partial charge is 0.243 e. The maximum absolute atomic E-state index is 12.7. The van der Waals surface area contributed by atoms with E-state index < -0.39 is 10.0 Å². The Balaban J connectivity index is 2.23. The van der Waals surface area contributed by atoms with Crippen molar-refractivity contribution in [3.63, 3.8) is 0 Å². The molecule has 20 heavy (non-hydrogen) atoms. The maximum atomic E-state index is 12.7. The van der Waals surface area contributed by atoms with E-state index >= 15 is 0 Å². The molecule has 1 unspecified atom stereocenters. The Labute approximate surface area is 126 Å². The van der Waals surface area contributed by atoms with Crippen LogP contribution < -0.4 is 5.32 Å². The fraction of sp³-hybridized carbons (Fsp3) is 0.571. The summed E-state index contributed by atoms with van der Waals surface area (Å²) in [5.74, 6) is 0. The zero-order chi connectivity index (χ0) is 14.6. The minimum Gasteiger partial charge on any atom is -0.320 e. The van der Waals surface area contributed by atoms with E-state index in [2.05, 4.69) is 5.32 Å². The molecule has 1 fully saturated rings. The lowest BCUT2D eigenvalue weighted by atomic mass is 10.0. The van der Waals surface area contributed by atoms with Crippen molar-refractivity contribution < 1.29 is 8.42 Å². The lowest BCUT2D eigenvalue weighted by Gasteiger charge is -2.34. The van der Waals surface area contributed by atoms with Crippen molar-refractivity contribution in [3.8, 4) is 0 Å². The van der Waals surface area contributed by atoms with Gasteiger partial charge in [0.25, 0.3) is 0 Å². The van der Waals surface area contributed by atoms with Crippen LogP contribution in [-0.2, 0) is 10.0 Å². The van der Waals surface area contributed by atoms with E-state index in [9.17, 15) is 8.42 Å². The monoisotopic (exact) mass is 316 g/mol. The van der Waals surface area contributed by atoms with Crippen LogP contribution in [0.25, 0.3) is 0 Å². The van der Waals surface area contributed by atoms with E-state index in [0.29, 0.717) is 16.5 Å². The van der Waals surface area contributed by atoms with Crippen molar-refractivity contribution in [2.75, 3.05) is 20.1 Å². The number of hydrogen-bond donors (Lipinski definition) is 1. The molecule has 4 nitrogen and oxygen atoms in total. The molecule has 1 atom stereocenters.